The number of hydrogen-bond acceptors (Lipinski definition) is 5. The summed E-state index contributed by atoms with van der Waals surface area (Å²) in [4.78, 5) is 9.90. The van der Waals surface area contributed by atoms with Gasteiger partial charge in [-0.2, -0.15) is 0 Å². The van der Waals surface area contributed by atoms with Crippen molar-refractivity contribution in [3.8, 4) is 11.5 Å². The zero-order valence-corrected chi connectivity index (χ0v) is 24.8. The van der Waals surface area contributed by atoms with Crippen LogP contribution in [0.2, 0.25) is 0 Å². The zero-order valence-electron chi connectivity index (χ0n) is 24.8. The molecule has 0 spiro atoms. The maximum absolute atomic E-state index is 6.26. The average Bonchev–Trinajstić information content (AvgIpc) is 2.89. The molecule has 1 heterocycles. The summed E-state index contributed by atoms with van der Waals surface area (Å²) in [6, 6.07) is 19.5. The topological polar surface area (TPSA) is 37.8 Å². The fraction of sp³-hybridized carbons (Fsp3) is 0.485. The first-order valence-corrected chi connectivity index (χ1v) is 14.0. The first-order valence-electron chi connectivity index (χ1n) is 14.0. The SMILES string of the molecule is CCN(Cc1cccc(CN(CC)C(C)COc2c(C)cccc2C)n1)C(C)COc1c(C)cccc1C. The van der Waals surface area contributed by atoms with Crippen molar-refractivity contribution in [3.05, 3.63) is 88.2 Å². The third-order valence-corrected chi connectivity index (χ3v) is 7.41. The van der Waals surface area contributed by atoms with Crippen molar-refractivity contribution < 1.29 is 9.47 Å². The summed E-state index contributed by atoms with van der Waals surface area (Å²) >= 11 is 0. The van der Waals surface area contributed by atoms with Crippen LogP contribution in [0.15, 0.2) is 54.6 Å². The number of likely N-dealkylation sites (N-methyl/N-ethyl adjacent to an activating group) is 2. The maximum Gasteiger partial charge on any atom is 0.125 e. The van der Waals surface area contributed by atoms with E-state index in [1.54, 1.807) is 0 Å². The Hall–Kier alpha value is -2.89. The first kappa shape index (κ1) is 29.7. The number of ether oxygens (including phenoxy) is 2. The lowest BCUT2D eigenvalue weighted by atomic mass is 10.1. The first-order chi connectivity index (χ1) is 18.2. The quantitative estimate of drug-likeness (QED) is 0.233. The smallest absolute Gasteiger partial charge is 0.125 e. The number of rotatable bonds is 14. The van der Waals surface area contributed by atoms with Gasteiger partial charge in [-0.1, -0.05) is 56.3 Å². The molecule has 2 unspecified atom stereocenters. The lowest BCUT2D eigenvalue weighted by Crippen LogP contribution is -2.38. The molecule has 0 saturated heterocycles. The molecule has 5 heteroatoms. The minimum absolute atomic E-state index is 0.277. The Bertz CT molecular complexity index is 1040. The summed E-state index contributed by atoms with van der Waals surface area (Å²) in [7, 11) is 0. The van der Waals surface area contributed by atoms with Crippen LogP contribution in [0.5, 0.6) is 11.5 Å². The van der Waals surface area contributed by atoms with Gasteiger partial charge in [0, 0.05) is 25.2 Å². The predicted molar refractivity (Wildman–Crippen MR) is 158 cm³/mol. The molecule has 3 aromatic rings. The molecule has 1 aromatic heterocycles. The highest BCUT2D eigenvalue weighted by molar-refractivity contribution is 5.40. The molecule has 206 valence electrons. The Morgan fingerprint density at radius 2 is 0.947 bits per heavy atom. The van der Waals surface area contributed by atoms with Crippen molar-refractivity contribution in [2.45, 2.75) is 80.6 Å². The second-order valence-corrected chi connectivity index (χ2v) is 10.5. The number of para-hydroxylation sites is 2. The Labute approximate surface area is 230 Å². The van der Waals surface area contributed by atoms with Gasteiger partial charge in [-0.25, -0.2) is 0 Å². The van der Waals surface area contributed by atoms with Crippen LogP contribution < -0.4 is 9.47 Å². The molecule has 0 radical (unpaired) electrons. The van der Waals surface area contributed by atoms with Gasteiger partial charge in [-0.15, -0.1) is 0 Å². The highest BCUT2D eigenvalue weighted by Gasteiger charge is 2.18. The summed E-state index contributed by atoms with van der Waals surface area (Å²) in [5, 5.41) is 0. The van der Waals surface area contributed by atoms with E-state index in [1.165, 1.54) is 22.3 Å². The number of aryl methyl sites for hydroxylation is 4. The van der Waals surface area contributed by atoms with E-state index < -0.39 is 0 Å². The molecule has 0 bridgehead atoms. The number of nitrogens with zero attached hydrogens (tertiary/aromatic N) is 3. The van der Waals surface area contributed by atoms with E-state index in [9.17, 15) is 0 Å². The molecule has 38 heavy (non-hydrogen) atoms. The number of aromatic nitrogens is 1. The lowest BCUT2D eigenvalue weighted by molar-refractivity contribution is 0.140. The molecular formula is C33H47N3O2. The summed E-state index contributed by atoms with van der Waals surface area (Å²) in [5.74, 6) is 2.01. The van der Waals surface area contributed by atoms with Crippen molar-refractivity contribution in [2.75, 3.05) is 26.3 Å². The number of pyridine rings is 1. The number of benzene rings is 2. The summed E-state index contributed by atoms with van der Waals surface area (Å²) in [6.45, 7) is 22.1. The van der Waals surface area contributed by atoms with Crippen LogP contribution in [0.3, 0.4) is 0 Å². The highest BCUT2D eigenvalue weighted by Crippen LogP contribution is 2.24. The van der Waals surface area contributed by atoms with Gasteiger partial charge in [-0.05, 0) is 89.0 Å². The van der Waals surface area contributed by atoms with E-state index in [0.717, 1.165) is 49.1 Å². The molecule has 0 aliphatic carbocycles. The minimum Gasteiger partial charge on any atom is -0.491 e. The van der Waals surface area contributed by atoms with Crippen molar-refractivity contribution >= 4 is 0 Å². The van der Waals surface area contributed by atoms with Crippen molar-refractivity contribution in [2.24, 2.45) is 0 Å². The molecule has 0 N–H and O–H groups in total. The molecule has 0 amide bonds. The molecule has 2 aromatic carbocycles. The van der Waals surface area contributed by atoms with Crippen molar-refractivity contribution in [3.63, 3.8) is 0 Å². The molecule has 2 atom stereocenters. The fourth-order valence-electron chi connectivity index (χ4n) is 4.95. The van der Waals surface area contributed by atoms with Crippen molar-refractivity contribution in [1.82, 2.24) is 14.8 Å². The van der Waals surface area contributed by atoms with Crippen LogP contribution in [-0.2, 0) is 13.1 Å². The predicted octanol–water partition coefficient (Wildman–Crippen LogP) is 6.89. The second-order valence-electron chi connectivity index (χ2n) is 10.5. The van der Waals surface area contributed by atoms with E-state index in [2.05, 4.69) is 120 Å². The van der Waals surface area contributed by atoms with Crippen LogP contribution in [0, 0.1) is 27.7 Å². The third kappa shape index (κ3) is 8.05. The van der Waals surface area contributed by atoms with Gasteiger partial charge < -0.3 is 9.47 Å². The molecule has 0 saturated carbocycles. The summed E-state index contributed by atoms with van der Waals surface area (Å²) < 4.78 is 12.5. The second kappa shape index (κ2) is 14.3. The van der Waals surface area contributed by atoms with Gasteiger partial charge in [0.1, 0.15) is 24.7 Å². The molecule has 3 rings (SSSR count). The lowest BCUT2D eigenvalue weighted by Gasteiger charge is -2.29. The Morgan fingerprint density at radius 3 is 1.29 bits per heavy atom. The normalized spacial score (nSPS) is 13.1. The fourth-order valence-corrected chi connectivity index (χ4v) is 4.95. The monoisotopic (exact) mass is 517 g/mol. The van der Waals surface area contributed by atoms with Gasteiger partial charge in [0.25, 0.3) is 0 Å². The van der Waals surface area contributed by atoms with Crippen LogP contribution in [0.25, 0.3) is 0 Å². The zero-order chi connectivity index (χ0) is 27.7. The average molecular weight is 518 g/mol. The molecule has 0 fully saturated rings. The van der Waals surface area contributed by atoms with Crippen LogP contribution >= 0.6 is 0 Å². The Kier molecular flexibility index (Phi) is 11.2. The van der Waals surface area contributed by atoms with E-state index in [4.69, 9.17) is 14.5 Å². The van der Waals surface area contributed by atoms with Gasteiger partial charge in [0.2, 0.25) is 0 Å². The van der Waals surface area contributed by atoms with Gasteiger partial charge in [0.15, 0.2) is 0 Å². The van der Waals surface area contributed by atoms with Gasteiger partial charge in [0.05, 0.1) is 11.4 Å². The van der Waals surface area contributed by atoms with E-state index in [-0.39, 0.29) is 12.1 Å². The molecular weight excluding hydrogens is 470 g/mol. The molecule has 0 aliphatic heterocycles. The van der Waals surface area contributed by atoms with Crippen LogP contribution in [0.4, 0.5) is 0 Å². The van der Waals surface area contributed by atoms with Gasteiger partial charge in [-0.3, -0.25) is 14.8 Å². The van der Waals surface area contributed by atoms with Crippen molar-refractivity contribution in [1.29, 1.82) is 0 Å². The summed E-state index contributed by atoms with van der Waals surface area (Å²) in [5.41, 5.74) is 6.93. The van der Waals surface area contributed by atoms with Gasteiger partial charge >= 0.3 is 0 Å². The standard InChI is InChI=1S/C33H47N3O2/c1-9-35(28(7)22-37-32-24(3)14-11-15-25(32)4)20-30-18-13-19-31(34-30)21-36(10-2)29(8)23-38-33-26(5)16-12-17-27(33)6/h11-19,28-29H,9-10,20-23H2,1-8H3. The molecule has 5 nitrogen and oxygen atoms in total. The Balaban J connectivity index is 1.59. The van der Waals surface area contributed by atoms with Crippen LogP contribution in [-0.4, -0.2) is 53.2 Å². The maximum atomic E-state index is 6.26. The largest absolute Gasteiger partial charge is 0.491 e. The van der Waals surface area contributed by atoms with E-state index in [0.29, 0.717) is 13.2 Å². The van der Waals surface area contributed by atoms with E-state index >= 15 is 0 Å². The Morgan fingerprint density at radius 1 is 0.605 bits per heavy atom. The third-order valence-electron chi connectivity index (χ3n) is 7.41. The number of hydrogen-bond donors (Lipinski definition) is 0. The minimum atomic E-state index is 0.277. The van der Waals surface area contributed by atoms with E-state index in [1.807, 2.05) is 0 Å². The van der Waals surface area contributed by atoms with Crippen LogP contribution in [0.1, 0.15) is 61.3 Å². The summed E-state index contributed by atoms with van der Waals surface area (Å²) in [6.07, 6.45) is 0. The molecule has 0 aliphatic rings. The highest BCUT2D eigenvalue weighted by atomic mass is 16.5.